The number of fused-ring (bicyclic) bond motifs is 1. The van der Waals surface area contributed by atoms with Gasteiger partial charge in [-0.05, 0) is 43.5 Å². The number of carboxylic acid groups (broad SMARTS) is 1. The fourth-order valence-corrected chi connectivity index (χ4v) is 3.36. The molecule has 1 fully saturated rings. The summed E-state index contributed by atoms with van der Waals surface area (Å²) in [7, 11) is 0. The first-order chi connectivity index (χ1) is 13.4. The Labute approximate surface area is 165 Å². The van der Waals surface area contributed by atoms with E-state index in [4.69, 9.17) is 16.1 Å². The van der Waals surface area contributed by atoms with Gasteiger partial charge in [-0.3, -0.25) is 9.59 Å². The summed E-state index contributed by atoms with van der Waals surface area (Å²) in [6, 6.07) is 7.81. The summed E-state index contributed by atoms with van der Waals surface area (Å²) in [5, 5.41) is 17.1. The van der Waals surface area contributed by atoms with E-state index in [1.807, 2.05) is 0 Å². The third-order valence-electron chi connectivity index (χ3n) is 4.83. The summed E-state index contributed by atoms with van der Waals surface area (Å²) in [5.74, 6) is -1.07. The molecule has 28 heavy (non-hydrogen) atoms. The third kappa shape index (κ3) is 3.71. The second-order valence-corrected chi connectivity index (χ2v) is 7.43. The average Bonchev–Trinajstić information content (AvgIpc) is 3.44. The topological polar surface area (TPSA) is 105 Å². The highest BCUT2D eigenvalue weighted by Crippen LogP contribution is 2.40. The molecule has 0 spiro atoms. The highest BCUT2D eigenvalue weighted by atomic mass is 35.5. The van der Waals surface area contributed by atoms with Gasteiger partial charge in [-0.2, -0.15) is 0 Å². The lowest BCUT2D eigenvalue weighted by Crippen LogP contribution is -2.30. The summed E-state index contributed by atoms with van der Waals surface area (Å²) in [6.45, 7) is 1.75. The first-order valence-corrected chi connectivity index (χ1v) is 9.35. The van der Waals surface area contributed by atoms with Gasteiger partial charge in [0.05, 0.1) is 29.1 Å². The molecule has 0 aliphatic heterocycles. The molecule has 0 saturated heterocycles. The number of nitrogens with one attached hydrogen (secondary N) is 1. The van der Waals surface area contributed by atoms with Crippen molar-refractivity contribution in [2.24, 2.45) is 0 Å². The Bertz CT molecular complexity index is 1060. The zero-order valence-corrected chi connectivity index (χ0v) is 15.9. The summed E-state index contributed by atoms with van der Waals surface area (Å²) < 4.78 is 5.28. The summed E-state index contributed by atoms with van der Waals surface area (Å²) in [6.07, 6.45) is 1.80. The van der Waals surface area contributed by atoms with Gasteiger partial charge in [-0.15, -0.1) is 0 Å². The molecule has 8 heteroatoms. The Hall–Kier alpha value is -2.93. The Kier molecular flexibility index (Phi) is 4.77. The fraction of sp³-hybridized carbons (Fsp3) is 0.300. The smallest absolute Gasteiger partial charge is 0.305 e. The minimum atomic E-state index is -1.01. The number of aromatic nitrogens is 2. The summed E-state index contributed by atoms with van der Waals surface area (Å²) in [5.41, 5.74) is 2.75. The van der Waals surface area contributed by atoms with E-state index in [9.17, 15) is 14.7 Å². The number of carbonyl (C=O) groups is 2. The fourth-order valence-electron chi connectivity index (χ4n) is 3.24. The van der Waals surface area contributed by atoms with Gasteiger partial charge in [0.1, 0.15) is 0 Å². The molecule has 1 amide bonds. The van der Waals surface area contributed by atoms with Crippen LogP contribution in [0.15, 0.2) is 34.9 Å². The molecule has 7 nitrogen and oxygen atoms in total. The number of halogens is 1. The molecule has 1 aromatic carbocycles. The van der Waals surface area contributed by atoms with E-state index in [0.29, 0.717) is 38.9 Å². The van der Waals surface area contributed by atoms with E-state index < -0.39 is 12.0 Å². The molecule has 2 N–H and O–H groups in total. The van der Waals surface area contributed by atoms with Crippen LogP contribution in [-0.4, -0.2) is 27.1 Å². The van der Waals surface area contributed by atoms with Crippen LogP contribution in [-0.2, 0) is 4.79 Å². The van der Waals surface area contributed by atoms with Gasteiger partial charge < -0.3 is 14.9 Å². The first kappa shape index (κ1) is 18.4. The lowest BCUT2D eigenvalue weighted by atomic mass is 10.0. The molecule has 2 aromatic heterocycles. The van der Waals surface area contributed by atoms with Crippen LogP contribution in [0.3, 0.4) is 0 Å². The van der Waals surface area contributed by atoms with Crippen LogP contribution in [0, 0.1) is 6.92 Å². The van der Waals surface area contributed by atoms with E-state index >= 15 is 0 Å². The molecular formula is C20H18ClN3O4. The van der Waals surface area contributed by atoms with Crippen molar-refractivity contribution in [2.75, 3.05) is 0 Å². The molecule has 144 valence electrons. The maximum Gasteiger partial charge on any atom is 0.305 e. The van der Waals surface area contributed by atoms with Crippen LogP contribution < -0.4 is 5.32 Å². The number of benzene rings is 1. The van der Waals surface area contributed by atoms with Crippen LogP contribution in [0.5, 0.6) is 0 Å². The number of carboxylic acids is 1. The molecule has 1 saturated carbocycles. The largest absolute Gasteiger partial charge is 0.481 e. The van der Waals surface area contributed by atoms with Gasteiger partial charge >= 0.3 is 5.97 Å². The Morgan fingerprint density at radius 1 is 1.32 bits per heavy atom. The van der Waals surface area contributed by atoms with Crippen molar-refractivity contribution in [1.82, 2.24) is 15.5 Å². The van der Waals surface area contributed by atoms with Crippen LogP contribution in [0.2, 0.25) is 5.02 Å². The van der Waals surface area contributed by atoms with Gasteiger partial charge in [0.15, 0.2) is 0 Å². The predicted octanol–water partition coefficient (Wildman–Crippen LogP) is 4.01. The number of amides is 1. The quantitative estimate of drug-likeness (QED) is 0.648. The van der Waals surface area contributed by atoms with Gasteiger partial charge in [0, 0.05) is 16.6 Å². The van der Waals surface area contributed by atoms with Crippen molar-refractivity contribution in [1.29, 1.82) is 0 Å². The van der Waals surface area contributed by atoms with Gasteiger partial charge in [0.2, 0.25) is 0 Å². The zero-order valence-electron chi connectivity index (χ0n) is 15.1. The van der Waals surface area contributed by atoms with Gasteiger partial charge in [0.25, 0.3) is 11.6 Å². The van der Waals surface area contributed by atoms with Crippen LogP contribution >= 0.6 is 11.6 Å². The lowest BCUT2D eigenvalue weighted by Gasteiger charge is -2.18. The van der Waals surface area contributed by atoms with Crippen molar-refractivity contribution in [2.45, 2.75) is 38.1 Å². The number of rotatable bonds is 6. The SMILES string of the molecule is Cc1noc2nc(C3CC3)cc(C(=O)N[C@@H](CC(=O)O)c3ccc(Cl)cc3)c12. The minimum Gasteiger partial charge on any atom is -0.481 e. The standard InChI is InChI=1S/C20H18ClN3O4/c1-10-18-14(8-15(11-2-3-11)23-20(18)28-24-10)19(27)22-16(9-17(25)26)12-4-6-13(21)7-5-12/h4-8,11,16H,2-3,9H2,1H3,(H,22,27)(H,25,26)/t16-/m0/s1. The number of hydrogen-bond donors (Lipinski definition) is 2. The molecular weight excluding hydrogens is 382 g/mol. The van der Waals surface area contributed by atoms with E-state index in [1.165, 1.54) is 0 Å². The highest BCUT2D eigenvalue weighted by molar-refractivity contribution is 6.30. The number of carbonyl (C=O) groups excluding carboxylic acids is 1. The average molecular weight is 400 g/mol. The Morgan fingerprint density at radius 3 is 2.68 bits per heavy atom. The van der Waals surface area contributed by atoms with E-state index in [-0.39, 0.29) is 12.3 Å². The van der Waals surface area contributed by atoms with E-state index in [2.05, 4.69) is 15.5 Å². The summed E-state index contributed by atoms with van der Waals surface area (Å²) in [4.78, 5) is 28.9. The molecule has 4 rings (SSSR count). The summed E-state index contributed by atoms with van der Waals surface area (Å²) >= 11 is 5.92. The second-order valence-electron chi connectivity index (χ2n) is 6.99. The molecule has 1 atom stereocenters. The van der Waals surface area contributed by atoms with Gasteiger partial charge in [-0.25, -0.2) is 4.98 Å². The highest BCUT2D eigenvalue weighted by Gasteiger charge is 2.29. The molecule has 0 radical (unpaired) electrons. The Balaban J connectivity index is 1.70. The molecule has 3 aromatic rings. The maximum atomic E-state index is 13.1. The third-order valence-corrected chi connectivity index (χ3v) is 5.09. The monoisotopic (exact) mass is 399 g/mol. The molecule has 1 aliphatic rings. The molecule has 0 unspecified atom stereocenters. The minimum absolute atomic E-state index is 0.250. The molecule has 1 aliphatic carbocycles. The number of aryl methyl sites for hydroxylation is 1. The number of pyridine rings is 1. The van der Waals surface area contributed by atoms with Crippen molar-refractivity contribution in [3.05, 3.63) is 57.9 Å². The second kappa shape index (κ2) is 7.24. The normalized spacial score (nSPS) is 14.8. The van der Waals surface area contributed by atoms with Crippen LogP contribution in [0.25, 0.3) is 11.1 Å². The number of hydrogen-bond acceptors (Lipinski definition) is 5. The zero-order chi connectivity index (χ0) is 19.8. The number of aliphatic carboxylic acids is 1. The van der Waals surface area contributed by atoms with E-state index in [1.54, 1.807) is 37.3 Å². The van der Waals surface area contributed by atoms with Gasteiger partial charge in [-0.1, -0.05) is 28.9 Å². The Morgan fingerprint density at radius 2 is 2.04 bits per heavy atom. The van der Waals surface area contributed by atoms with Crippen molar-refractivity contribution in [3.63, 3.8) is 0 Å². The predicted molar refractivity (Wildman–Crippen MR) is 102 cm³/mol. The van der Waals surface area contributed by atoms with Crippen molar-refractivity contribution >= 4 is 34.6 Å². The lowest BCUT2D eigenvalue weighted by molar-refractivity contribution is -0.137. The number of nitrogens with zero attached hydrogens (tertiary/aromatic N) is 2. The first-order valence-electron chi connectivity index (χ1n) is 8.97. The molecule has 0 bridgehead atoms. The molecule has 2 heterocycles. The maximum absolute atomic E-state index is 13.1. The van der Waals surface area contributed by atoms with E-state index in [0.717, 1.165) is 18.5 Å². The van der Waals surface area contributed by atoms with Crippen LogP contribution in [0.4, 0.5) is 0 Å². The van der Waals surface area contributed by atoms with Crippen LogP contribution in [0.1, 0.15) is 58.5 Å². The van der Waals surface area contributed by atoms with Crippen molar-refractivity contribution < 1.29 is 19.2 Å². The van der Waals surface area contributed by atoms with Crippen molar-refractivity contribution in [3.8, 4) is 0 Å².